The Bertz CT molecular complexity index is 369. The van der Waals surface area contributed by atoms with Crippen molar-refractivity contribution in [2.24, 2.45) is 5.92 Å². The van der Waals surface area contributed by atoms with E-state index in [1.165, 1.54) is 31.2 Å². The van der Waals surface area contributed by atoms with E-state index in [1.54, 1.807) is 0 Å². The van der Waals surface area contributed by atoms with Crippen molar-refractivity contribution in [1.29, 1.82) is 0 Å². The summed E-state index contributed by atoms with van der Waals surface area (Å²) in [6, 6.07) is 8.08. The molecule has 0 saturated heterocycles. The van der Waals surface area contributed by atoms with Gasteiger partial charge in [-0.3, -0.25) is 0 Å². The fraction of sp³-hybridized carbons (Fsp3) is 0.529. The zero-order valence-electron chi connectivity index (χ0n) is 11.2. The molecule has 0 nitrogen and oxygen atoms in total. The molecule has 1 aliphatic rings. The van der Waals surface area contributed by atoms with Crippen LogP contribution in [0.2, 0.25) is 0 Å². The third-order valence-corrected chi connectivity index (χ3v) is 4.02. The van der Waals surface area contributed by atoms with E-state index in [9.17, 15) is 4.39 Å². The van der Waals surface area contributed by atoms with Gasteiger partial charge in [0.1, 0.15) is 6.67 Å². The lowest BCUT2D eigenvalue weighted by Gasteiger charge is -2.27. The van der Waals surface area contributed by atoms with Crippen LogP contribution in [0.4, 0.5) is 4.39 Å². The standard InChI is InChI=1S/C17H23F/c1-2-3-4-14-5-9-16(10-6-14)17-11-7-15(13-18)8-12-17/h3-4,7-8,11-12,14,16H,2,5-6,9-10,13H2,1H3/b4-3+. The Morgan fingerprint density at radius 2 is 1.78 bits per heavy atom. The Hall–Kier alpha value is -1.11. The summed E-state index contributed by atoms with van der Waals surface area (Å²) in [6.45, 7) is 1.84. The molecule has 0 bridgehead atoms. The Labute approximate surface area is 110 Å². The van der Waals surface area contributed by atoms with Gasteiger partial charge in [-0.2, -0.15) is 0 Å². The van der Waals surface area contributed by atoms with Crippen LogP contribution in [0.1, 0.15) is 56.1 Å². The molecule has 0 radical (unpaired) electrons. The van der Waals surface area contributed by atoms with Crippen LogP contribution < -0.4 is 0 Å². The fourth-order valence-corrected chi connectivity index (χ4v) is 2.85. The second-order valence-electron chi connectivity index (χ2n) is 5.32. The van der Waals surface area contributed by atoms with Gasteiger partial charge in [-0.1, -0.05) is 43.3 Å². The summed E-state index contributed by atoms with van der Waals surface area (Å²) in [6.07, 6.45) is 11.0. The summed E-state index contributed by atoms with van der Waals surface area (Å²) in [5.74, 6) is 1.47. The minimum absolute atomic E-state index is 0.352. The largest absolute Gasteiger partial charge is 0.246 e. The van der Waals surface area contributed by atoms with Crippen LogP contribution in [-0.2, 0) is 6.67 Å². The van der Waals surface area contributed by atoms with Gasteiger partial charge in [-0.05, 0) is 55.1 Å². The lowest BCUT2D eigenvalue weighted by molar-refractivity contribution is 0.375. The summed E-state index contributed by atoms with van der Waals surface area (Å²) in [4.78, 5) is 0. The highest BCUT2D eigenvalue weighted by Crippen LogP contribution is 2.36. The number of hydrogen-bond acceptors (Lipinski definition) is 0. The third-order valence-electron chi connectivity index (χ3n) is 4.02. The molecule has 0 atom stereocenters. The molecule has 0 unspecified atom stereocenters. The van der Waals surface area contributed by atoms with E-state index in [0.29, 0.717) is 5.92 Å². The first-order valence-corrected chi connectivity index (χ1v) is 7.15. The molecular weight excluding hydrogens is 223 g/mol. The molecule has 98 valence electrons. The molecule has 1 aromatic rings. The van der Waals surface area contributed by atoms with Gasteiger partial charge >= 0.3 is 0 Å². The first-order chi connectivity index (χ1) is 8.83. The predicted octanol–water partition coefficient (Wildman–Crippen LogP) is 5.40. The molecule has 1 heteroatoms. The molecule has 0 aromatic heterocycles. The molecule has 0 heterocycles. The quantitative estimate of drug-likeness (QED) is 0.624. The van der Waals surface area contributed by atoms with Crippen LogP contribution >= 0.6 is 0 Å². The normalized spacial score (nSPS) is 24.6. The Balaban J connectivity index is 1.90. The van der Waals surface area contributed by atoms with E-state index in [1.807, 2.05) is 12.1 Å². The van der Waals surface area contributed by atoms with Crippen molar-refractivity contribution < 1.29 is 4.39 Å². The Morgan fingerprint density at radius 3 is 2.33 bits per heavy atom. The Kier molecular flexibility index (Phi) is 4.98. The lowest BCUT2D eigenvalue weighted by Crippen LogP contribution is -2.11. The number of allylic oxidation sites excluding steroid dienone is 2. The van der Waals surface area contributed by atoms with Gasteiger partial charge in [0.25, 0.3) is 0 Å². The van der Waals surface area contributed by atoms with E-state index in [-0.39, 0.29) is 6.67 Å². The minimum atomic E-state index is -0.352. The average Bonchev–Trinajstić information content (AvgIpc) is 2.46. The minimum Gasteiger partial charge on any atom is -0.246 e. The van der Waals surface area contributed by atoms with Crippen molar-refractivity contribution in [3.05, 3.63) is 47.5 Å². The maximum absolute atomic E-state index is 12.5. The maximum atomic E-state index is 12.5. The van der Waals surface area contributed by atoms with E-state index < -0.39 is 0 Å². The maximum Gasteiger partial charge on any atom is 0.115 e. The van der Waals surface area contributed by atoms with Gasteiger partial charge in [0, 0.05) is 0 Å². The van der Waals surface area contributed by atoms with Crippen LogP contribution in [0.5, 0.6) is 0 Å². The highest BCUT2D eigenvalue weighted by Gasteiger charge is 2.20. The highest BCUT2D eigenvalue weighted by molar-refractivity contribution is 5.25. The zero-order valence-corrected chi connectivity index (χ0v) is 11.2. The van der Waals surface area contributed by atoms with Gasteiger partial charge in [0.2, 0.25) is 0 Å². The summed E-state index contributed by atoms with van der Waals surface area (Å²) in [7, 11) is 0. The lowest BCUT2D eigenvalue weighted by atomic mass is 9.78. The number of benzene rings is 1. The summed E-state index contributed by atoms with van der Waals surface area (Å²) in [5, 5.41) is 0. The van der Waals surface area contributed by atoms with Crippen LogP contribution in [-0.4, -0.2) is 0 Å². The molecule has 1 fully saturated rings. The van der Waals surface area contributed by atoms with Crippen molar-refractivity contribution in [3.8, 4) is 0 Å². The van der Waals surface area contributed by atoms with E-state index in [2.05, 4.69) is 31.2 Å². The van der Waals surface area contributed by atoms with Crippen molar-refractivity contribution >= 4 is 0 Å². The van der Waals surface area contributed by atoms with Crippen LogP contribution in [0.3, 0.4) is 0 Å². The predicted molar refractivity (Wildman–Crippen MR) is 75.4 cm³/mol. The van der Waals surface area contributed by atoms with Gasteiger partial charge < -0.3 is 0 Å². The Morgan fingerprint density at radius 1 is 1.11 bits per heavy atom. The molecule has 2 rings (SSSR count). The fourth-order valence-electron chi connectivity index (χ4n) is 2.85. The van der Waals surface area contributed by atoms with Gasteiger partial charge in [-0.25, -0.2) is 4.39 Å². The van der Waals surface area contributed by atoms with Crippen LogP contribution in [0.25, 0.3) is 0 Å². The average molecular weight is 246 g/mol. The van der Waals surface area contributed by atoms with Gasteiger partial charge in [0.05, 0.1) is 0 Å². The third kappa shape index (κ3) is 3.44. The van der Waals surface area contributed by atoms with Gasteiger partial charge in [0.15, 0.2) is 0 Å². The topological polar surface area (TPSA) is 0 Å². The SMILES string of the molecule is CC/C=C/C1CCC(c2ccc(CF)cc2)CC1. The van der Waals surface area contributed by atoms with Crippen LogP contribution in [0.15, 0.2) is 36.4 Å². The second-order valence-corrected chi connectivity index (χ2v) is 5.32. The first-order valence-electron chi connectivity index (χ1n) is 7.15. The zero-order chi connectivity index (χ0) is 12.8. The number of rotatable bonds is 4. The molecule has 18 heavy (non-hydrogen) atoms. The summed E-state index contributed by atoms with van der Waals surface area (Å²) >= 11 is 0. The van der Waals surface area contributed by atoms with Crippen molar-refractivity contribution in [3.63, 3.8) is 0 Å². The molecule has 0 aliphatic heterocycles. The second kappa shape index (κ2) is 6.72. The summed E-state index contributed by atoms with van der Waals surface area (Å²) < 4.78 is 12.5. The van der Waals surface area contributed by atoms with E-state index in [0.717, 1.165) is 17.9 Å². The molecule has 1 saturated carbocycles. The molecule has 0 N–H and O–H groups in total. The highest BCUT2D eigenvalue weighted by atomic mass is 19.1. The molecule has 0 amide bonds. The van der Waals surface area contributed by atoms with Crippen LogP contribution in [0, 0.1) is 5.92 Å². The molecule has 1 aromatic carbocycles. The van der Waals surface area contributed by atoms with Crippen molar-refractivity contribution in [2.75, 3.05) is 0 Å². The van der Waals surface area contributed by atoms with E-state index in [4.69, 9.17) is 0 Å². The smallest absolute Gasteiger partial charge is 0.115 e. The summed E-state index contributed by atoms with van der Waals surface area (Å²) in [5.41, 5.74) is 2.18. The van der Waals surface area contributed by atoms with Crippen molar-refractivity contribution in [1.82, 2.24) is 0 Å². The number of hydrogen-bond donors (Lipinski definition) is 0. The number of alkyl halides is 1. The molecule has 0 spiro atoms. The monoisotopic (exact) mass is 246 g/mol. The van der Waals surface area contributed by atoms with E-state index >= 15 is 0 Å². The van der Waals surface area contributed by atoms with Gasteiger partial charge in [-0.15, -0.1) is 0 Å². The first kappa shape index (κ1) is 13.3. The number of halogens is 1. The molecule has 1 aliphatic carbocycles. The molecular formula is C17H23F. The van der Waals surface area contributed by atoms with Crippen molar-refractivity contribution in [2.45, 2.75) is 51.6 Å².